The van der Waals surface area contributed by atoms with Gasteiger partial charge in [-0.15, -0.1) is 5.10 Å². The fourth-order valence-corrected chi connectivity index (χ4v) is 2.94. The molecule has 1 aromatic carbocycles. The highest BCUT2D eigenvalue weighted by Gasteiger charge is 2.32. The molecule has 1 aromatic heterocycles. The average Bonchev–Trinajstić information content (AvgIpc) is 3.08. The first-order chi connectivity index (χ1) is 11.0. The van der Waals surface area contributed by atoms with Gasteiger partial charge in [0.25, 0.3) is 5.91 Å². The van der Waals surface area contributed by atoms with Gasteiger partial charge in [0.1, 0.15) is 6.33 Å². The molecule has 8 nitrogen and oxygen atoms in total. The van der Waals surface area contributed by atoms with Crippen molar-refractivity contribution in [3.05, 3.63) is 36.2 Å². The number of aliphatic carboxylic acids is 1. The van der Waals surface area contributed by atoms with Crippen molar-refractivity contribution in [2.24, 2.45) is 11.8 Å². The maximum Gasteiger partial charge on any atom is 0.308 e. The molecule has 1 aliphatic heterocycles. The lowest BCUT2D eigenvalue weighted by Crippen LogP contribution is -2.45. The van der Waals surface area contributed by atoms with E-state index in [2.05, 4.69) is 15.5 Å². The van der Waals surface area contributed by atoms with Gasteiger partial charge in [-0.05, 0) is 41.0 Å². The number of amides is 1. The molecule has 0 spiro atoms. The molecule has 1 aliphatic rings. The van der Waals surface area contributed by atoms with Gasteiger partial charge in [-0.25, -0.2) is 4.68 Å². The fraction of sp³-hybridized carbons (Fsp3) is 0.400. The monoisotopic (exact) mass is 315 g/mol. The molecule has 0 bridgehead atoms. The number of nitrogens with zero attached hydrogens (tertiary/aromatic N) is 5. The van der Waals surface area contributed by atoms with Crippen LogP contribution in [-0.2, 0) is 4.79 Å². The first kappa shape index (κ1) is 15.1. The van der Waals surface area contributed by atoms with E-state index in [4.69, 9.17) is 0 Å². The molecule has 1 amide bonds. The smallest absolute Gasteiger partial charge is 0.308 e. The summed E-state index contributed by atoms with van der Waals surface area (Å²) in [6, 6.07) is 6.97. The van der Waals surface area contributed by atoms with E-state index >= 15 is 0 Å². The molecule has 1 fully saturated rings. The highest BCUT2D eigenvalue weighted by molar-refractivity contribution is 5.95. The third kappa shape index (κ3) is 3.20. The van der Waals surface area contributed by atoms with Crippen molar-refractivity contribution in [1.29, 1.82) is 0 Å². The van der Waals surface area contributed by atoms with E-state index in [1.54, 1.807) is 29.2 Å². The Bertz CT molecular complexity index is 716. The first-order valence-electron chi connectivity index (χ1n) is 7.40. The maximum absolute atomic E-state index is 12.7. The normalized spacial score (nSPS) is 21.2. The van der Waals surface area contributed by atoms with Crippen LogP contribution in [0.1, 0.15) is 23.7 Å². The van der Waals surface area contributed by atoms with Gasteiger partial charge < -0.3 is 10.0 Å². The molecule has 120 valence electrons. The third-order valence-corrected chi connectivity index (χ3v) is 4.00. The molecular formula is C15H17N5O3. The van der Waals surface area contributed by atoms with Gasteiger partial charge in [0.2, 0.25) is 0 Å². The Morgan fingerprint density at radius 3 is 2.83 bits per heavy atom. The van der Waals surface area contributed by atoms with E-state index in [0.717, 1.165) is 0 Å². The van der Waals surface area contributed by atoms with Crippen LogP contribution in [0.15, 0.2) is 30.6 Å². The van der Waals surface area contributed by atoms with Gasteiger partial charge in [0.15, 0.2) is 0 Å². The van der Waals surface area contributed by atoms with Crippen LogP contribution >= 0.6 is 0 Å². The molecule has 3 rings (SSSR count). The Labute approximate surface area is 132 Å². The van der Waals surface area contributed by atoms with E-state index in [1.807, 2.05) is 6.92 Å². The summed E-state index contributed by atoms with van der Waals surface area (Å²) in [6.07, 6.45) is 2.05. The number of carboxylic acid groups (broad SMARTS) is 1. The van der Waals surface area contributed by atoms with Gasteiger partial charge in [0, 0.05) is 18.7 Å². The summed E-state index contributed by atoms with van der Waals surface area (Å²) in [4.78, 5) is 25.6. The minimum absolute atomic E-state index is 0.163. The summed E-state index contributed by atoms with van der Waals surface area (Å²) in [7, 11) is 0. The lowest BCUT2D eigenvalue weighted by atomic mass is 9.90. The van der Waals surface area contributed by atoms with Crippen LogP contribution in [0.4, 0.5) is 0 Å². The molecule has 0 saturated carbocycles. The van der Waals surface area contributed by atoms with E-state index in [0.29, 0.717) is 24.2 Å². The van der Waals surface area contributed by atoms with Crippen molar-refractivity contribution in [2.45, 2.75) is 13.3 Å². The average molecular weight is 315 g/mol. The Morgan fingerprint density at radius 1 is 1.30 bits per heavy atom. The first-order valence-corrected chi connectivity index (χ1v) is 7.40. The topological polar surface area (TPSA) is 101 Å². The number of carboxylic acids is 1. The Balaban J connectivity index is 1.82. The molecular weight excluding hydrogens is 298 g/mol. The summed E-state index contributed by atoms with van der Waals surface area (Å²) in [5, 5.41) is 20.2. The molecule has 8 heteroatoms. The van der Waals surface area contributed by atoms with Crippen molar-refractivity contribution in [2.75, 3.05) is 13.1 Å². The van der Waals surface area contributed by atoms with Crippen LogP contribution in [0.5, 0.6) is 0 Å². The van der Waals surface area contributed by atoms with Gasteiger partial charge >= 0.3 is 5.97 Å². The zero-order chi connectivity index (χ0) is 16.4. The van der Waals surface area contributed by atoms with Crippen molar-refractivity contribution >= 4 is 11.9 Å². The van der Waals surface area contributed by atoms with Crippen LogP contribution in [0.2, 0.25) is 0 Å². The zero-order valence-electron chi connectivity index (χ0n) is 12.7. The van der Waals surface area contributed by atoms with Gasteiger partial charge in [0.05, 0.1) is 11.6 Å². The second-order valence-electron chi connectivity index (χ2n) is 5.89. The highest BCUT2D eigenvalue weighted by Crippen LogP contribution is 2.23. The predicted octanol–water partition coefficient (Wildman–Crippen LogP) is 0.845. The SMILES string of the molecule is CC1CC(C(=O)O)CN(C(=O)c2cccc(-n3cnnn3)c2)C1. The summed E-state index contributed by atoms with van der Waals surface area (Å²) in [5.74, 6) is -1.36. The Kier molecular flexibility index (Phi) is 4.05. The number of hydrogen-bond acceptors (Lipinski definition) is 5. The van der Waals surface area contributed by atoms with Crippen LogP contribution in [-0.4, -0.2) is 55.2 Å². The van der Waals surface area contributed by atoms with Crippen molar-refractivity contribution < 1.29 is 14.7 Å². The number of aromatic nitrogens is 4. The Morgan fingerprint density at radius 2 is 2.13 bits per heavy atom. The number of carbonyl (C=O) groups is 2. The largest absolute Gasteiger partial charge is 0.481 e. The lowest BCUT2D eigenvalue weighted by molar-refractivity contribution is -0.143. The fourth-order valence-electron chi connectivity index (χ4n) is 2.94. The maximum atomic E-state index is 12.7. The standard InChI is InChI=1S/C15H17N5O3/c1-10-5-12(15(22)23)8-19(7-10)14(21)11-3-2-4-13(6-11)20-9-16-17-18-20/h2-4,6,9-10,12H,5,7-8H2,1H3,(H,22,23). The number of hydrogen-bond donors (Lipinski definition) is 1. The third-order valence-electron chi connectivity index (χ3n) is 4.00. The Hall–Kier alpha value is -2.77. The molecule has 1 saturated heterocycles. The molecule has 2 aromatic rings. The van der Waals surface area contributed by atoms with E-state index in [1.165, 1.54) is 11.0 Å². The van der Waals surface area contributed by atoms with Crippen LogP contribution < -0.4 is 0 Å². The quantitative estimate of drug-likeness (QED) is 0.901. The number of tetrazole rings is 1. The minimum atomic E-state index is -0.850. The summed E-state index contributed by atoms with van der Waals surface area (Å²) in [6.45, 7) is 2.78. The van der Waals surface area contributed by atoms with Gasteiger partial charge in [-0.3, -0.25) is 9.59 Å². The van der Waals surface area contributed by atoms with Crippen LogP contribution in [0.25, 0.3) is 5.69 Å². The zero-order valence-corrected chi connectivity index (χ0v) is 12.7. The van der Waals surface area contributed by atoms with Crippen molar-refractivity contribution in [3.63, 3.8) is 0 Å². The number of rotatable bonds is 3. The van der Waals surface area contributed by atoms with E-state index in [-0.39, 0.29) is 18.4 Å². The summed E-state index contributed by atoms with van der Waals surface area (Å²) < 4.78 is 1.47. The minimum Gasteiger partial charge on any atom is -0.481 e. The molecule has 0 aliphatic carbocycles. The van der Waals surface area contributed by atoms with Gasteiger partial charge in [-0.2, -0.15) is 0 Å². The summed E-state index contributed by atoms with van der Waals surface area (Å²) >= 11 is 0. The highest BCUT2D eigenvalue weighted by atomic mass is 16.4. The summed E-state index contributed by atoms with van der Waals surface area (Å²) in [5.41, 5.74) is 1.18. The second-order valence-corrected chi connectivity index (χ2v) is 5.89. The van der Waals surface area contributed by atoms with E-state index < -0.39 is 11.9 Å². The predicted molar refractivity (Wildman–Crippen MR) is 80.0 cm³/mol. The van der Waals surface area contributed by atoms with Crippen molar-refractivity contribution in [3.8, 4) is 5.69 Å². The second kappa shape index (κ2) is 6.15. The molecule has 0 radical (unpaired) electrons. The lowest BCUT2D eigenvalue weighted by Gasteiger charge is -2.34. The number of piperidine rings is 1. The number of likely N-dealkylation sites (tertiary alicyclic amines) is 1. The molecule has 2 atom stereocenters. The van der Waals surface area contributed by atoms with E-state index in [9.17, 15) is 14.7 Å². The molecule has 23 heavy (non-hydrogen) atoms. The number of benzene rings is 1. The van der Waals surface area contributed by atoms with Crippen LogP contribution in [0.3, 0.4) is 0 Å². The van der Waals surface area contributed by atoms with Gasteiger partial charge in [-0.1, -0.05) is 13.0 Å². The molecule has 1 N–H and O–H groups in total. The molecule has 2 heterocycles. The number of carbonyl (C=O) groups excluding carboxylic acids is 1. The molecule has 2 unspecified atom stereocenters. The van der Waals surface area contributed by atoms with Crippen molar-refractivity contribution in [1.82, 2.24) is 25.1 Å². The van der Waals surface area contributed by atoms with Crippen LogP contribution in [0, 0.1) is 11.8 Å².